The Bertz CT molecular complexity index is 363. The van der Waals surface area contributed by atoms with E-state index in [0.29, 0.717) is 23.7 Å². The SMILES string of the molecule is CCCNC(=O)CNCc1c(O)cccc1Cl. The minimum absolute atomic E-state index is 0.0570. The van der Waals surface area contributed by atoms with E-state index in [4.69, 9.17) is 11.6 Å². The van der Waals surface area contributed by atoms with Crippen LogP contribution < -0.4 is 10.6 Å². The molecule has 4 nitrogen and oxygen atoms in total. The molecule has 0 unspecified atom stereocenters. The highest BCUT2D eigenvalue weighted by Gasteiger charge is 2.06. The van der Waals surface area contributed by atoms with Crippen molar-refractivity contribution in [3.8, 4) is 5.75 Å². The lowest BCUT2D eigenvalue weighted by atomic mass is 10.2. The molecule has 0 heterocycles. The van der Waals surface area contributed by atoms with Gasteiger partial charge < -0.3 is 15.7 Å². The summed E-state index contributed by atoms with van der Waals surface area (Å²) >= 11 is 5.93. The van der Waals surface area contributed by atoms with Crippen molar-refractivity contribution in [2.75, 3.05) is 13.1 Å². The molecule has 0 bridgehead atoms. The van der Waals surface area contributed by atoms with E-state index in [1.165, 1.54) is 0 Å². The number of phenols is 1. The monoisotopic (exact) mass is 256 g/mol. The van der Waals surface area contributed by atoms with Gasteiger partial charge in [0.05, 0.1) is 6.54 Å². The van der Waals surface area contributed by atoms with Crippen molar-refractivity contribution >= 4 is 17.5 Å². The maximum absolute atomic E-state index is 11.3. The lowest BCUT2D eigenvalue weighted by molar-refractivity contribution is -0.120. The first kappa shape index (κ1) is 13.8. The van der Waals surface area contributed by atoms with Crippen LogP contribution in [0.25, 0.3) is 0 Å². The van der Waals surface area contributed by atoms with Gasteiger partial charge in [0.25, 0.3) is 0 Å². The minimum atomic E-state index is -0.0570. The number of carbonyl (C=O) groups is 1. The van der Waals surface area contributed by atoms with Gasteiger partial charge in [0.1, 0.15) is 5.75 Å². The predicted octanol–water partition coefficient (Wildman–Crippen LogP) is 1.66. The maximum atomic E-state index is 11.3. The van der Waals surface area contributed by atoms with Crippen molar-refractivity contribution < 1.29 is 9.90 Å². The summed E-state index contributed by atoms with van der Waals surface area (Å²) in [6.45, 7) is 3.25. The summed E-state index contributed by atoms with van der Waals surface area (Å²) < 4.78 is 0. The molecule has 94 valence electrons. The number of nitrogens with one attached hydrogen (secondary N) is 2. The first-order valence-electron chi connectivity index (χ1n) is 5.59. The highest BCUT2D eigenvalue weighted by molar-refractivity contribution is 6.31. The molecule has 0 aliphatic heterocycles. The quantitative estimate of drug-likeness (QED) is 0.726. The van der Waals surface area contributed by atoms with Gasteiger partial charge in [-0.15, -0.1) is 0 Å². The van der Waals surface area contributed by atoms with Crippen LogP contribution in [0.15, 0.2) is 18.2 Å². The third kappa shape index (κ3) is 4.63. The van der Waals surface area contributed by atoms with Gasteiger partial charge in [-0.2, -0.15) is 0 Å². The number of benzene rings is 1. The smallest absolute Gasteiger partial charge is 0.233 e. The van der Waals surface area contributed by atoms with Gasteiger partial charge in [0.2, 0.25) is 5.91 Å². The number of halogens is 1. The van der Waals surface area contributed by atoms with Gasteiger partial charge in [0, 0.05) is 23.7 Å². The number of carbonyl (C=O) groups excluding carboxylic acids is 1. The average molecular weight is 257 g/mol. The van der Waals surface area contributed by atoms with Crippen molar-refractivity contribution in [1.29, 1.82) is 0 Å². The number of rotatable bonds is 6. The molecule has 0 saturated heterocycles. The second-order valence-electron chi connectivity index (χ2n) is 3.69. The second-order valence-corrected chi connectivity index (χ2v) is 4.10. The van der Waals surface area contributed by atoms with Crippen LogP contribution in [-0.4, -0.2) is 24.1 Å². The molecule has 1 aromatic carbocycles. The standard InChI is InChI=1S/C12H17ClN2O2/c1-2-6-15-12(17)8-14-7-9-10(13)4-3-5-11(9)16/h3-5,14,16H,2,6-8H2,1H3,(H,15,17). The Morgan fingerprint density at radius 1 is 1.47 bits per heavy atom. The zero-order valence-corrected chi connectivity index (χ0v) is 10.5. The van der Waals surface area contributed by atoms with Crippen molar-refractivity contribution in [1.82, 2.24) is 10.6 Å². The van der Waals surface area contributed by atoms with E-state index in [0.717, 1.165) is 6.42 Å². The summed E-state index contributed by atoms with van der Waals surface area (Å²) in [7, 11) is 0. The van der Waals surface area contributed by atoms with Crippen LogP contribution >= 0.6 is 11.6 Å². The molecule has 1 aromatic rings. The van der Waals surface area contributed by atoms with E-state index in [2.05, 4.69) is 10.6 Å². The predicted molar refractivity (Wildman–Crippen MR) is 68.1 cm³/mol. The summed E-state index contributed by atoms with van der Waals surface area (Å²) in [4.78, 5) is 11.3. The molecular weight excluding hydrogens is 240 g/mol. The van der Waals surface area contributed by atoms with Crippen molar-refractivity contribution in [2.45, 2.75) is 19.9 Å². The van der Waals surface area contributed by atoms with E-state index >= 15 is 0 Å². The molecule has 1 rings (SSSR count). The van der Waals surface area contributed by atoms with Crippen LogP contribution in [0.2, 0.25) is 5.02 Å². The third-order valence-corrected chi connectivity index (χ3v) is 2.61. The van der Waals surface area contributed by atoms with Crippen LogP contribution in [0.4, 0.5) is 0 Å². The molecule has 0 spiro atoms. The van der Waals surface area contributed by atoms with Gasteiger partial charge in [-0.25, -0.2) is 0 Å². The normalized spacial score (nSPS) is 10.2. The fraction of sp³-hybridized carbons (Fsp3) is 0.417. The van der Waals surface area contributed by atoms with Gasteiger partial charge in [-0.3, -0.25) is 4.79 Å². The van der Waals surface area contributed by atoms with Gasteiger partial charge >= 0.3 is 0 Å². The van der Waals surface area contributed by atoms with Crippen LogP contribution in [0, 0.1) is 0 Å². The largest absolute Gasteiger partial charge is 0.508 e. The molecule has 0 aromatic heterocycles. The van der Waals surface area contributed by atoms with Crippen LogP contribution in [0.1, 0.15) is 18.9 Å². The van der Waals surface area contributed by atoms with Crippen molar-refractivity contribution in [3.05, 3.63) is 28.8 Å². The number of phenolic OH excluding ortho intramolecular Hbond substituents is 1. The Balaban J connectivity index is 2.38. The van der Waals surface area contributed by atoms with Gasteiger partial charge in [0.15, 0.2) is 0 Å². The number of amides is 1. The summed E-state index contributed by atoms with van der Waals surface area (Å²) in [5.74, 6) is 0.0809. The minimum Gasteiger partial charge on any atom is -0.508 e. The van der Waals surface area contributed by atoms with E-state index in [9.17, 15) is 9.90 Å². The van der Waals surface area contributed by atoms with E-state index in [1.807, 2.05) is 6.92 Å². The van der Waals surface area contributed by atoms with Crippen molar-refractivity contribution in [2.24, 2.45) is 0 Å². The number of aromatic hydroxyl groups is 1. The summed E-state index contributed by atoms with van der Waals surface area (Å²) in [5.41, 5.74) is 0.609. The van der Waals surface area contributed by atoms with Crippen LogP contribution in [-0.2, 0) is 11.3 Å². The topological polar surface area (TPSA) is 61.4 Å². The molecular formula is C12H17ClN2O2. The fourth-order valence-electron chi connectivity index (χ4n) is 1.35. The maximum Gasteiger partial charge on any atom is 0.233 e. The Hall–Kier alpha value is -1.26. The molecule has 0 radical (unpaired) electrons. The van der Waals surface area contributed by atoms with E-state index in [-0.39, 0.29) is 18.2 Å². The zero-order chi connectivity index (χ0) is 12.7. The highest BCUT2D eigenvalue weighted by Crippen LogP contribution is 2.24. The Morgan fingerprint density at radius 3 is 2.88 bits per heavy atom. The molecule has 5 heteroatoms. The summed E-state index contributed by atoms with van der Waals surface area (Å²) in [5, 5.41) is 15.8. The summed E-state index contributed by atoms with van der Waals surface area (Å²) in [6.07, 6.45) is 0.914. The zero-order valence-electron chi connectivity index (χ0n) is 9.79. The third-order valence-electron chi connectivity index (χ3n) is 2.25. The van der Waals surface area contributed by atoms with E-state index in [1.54, 1.807) is 18.2 Å². The molecule has 0 fully saturated rings. The lowest BCUT2D eigenvalue weighted by Crippen LogP contribution is -2.33. The molecule has 0 aliphatic rings. The van der Waals surface area contributed by atoms with Crippen molar-refractivity contribution in [3.63, 3.8) is 0 Å². The molecule has 0 saturated carbocycles. The molecule has 0 aliphatic carbocycles. The number of hydrogen-bond acceptors (Lipinski definition) is 3. The molecule has 17 heavy (non-hydrogen) atoms. The molecule has 1 amide bonds. The first-order valence-corrected chi connectivity index (χ1v) is 5.96. The number of hydrogen-bond donors (Lipinski definition) is 3. The molecule has 0 atom stereocenters. The Morgan fingerprint density at radius 2 is 2.24 bits per heavy atom. The van der Waals surface area contributed by atoms with Crippen LogP contribution in [0.5, 0.6) is 5.75 Å². The Kier molecular flexibility index (Phi) is 5.80. The lowest BCUT2D eigenvalue weighted by Gasteiger charge is -2.08. The summed E-state index contributed by atoms with van der Waals surface area (Å²) in [6, 6.07) is 4.95. The molecule has 3 N–H and O–H groups in total. The van der Waals surface area contributed by atoms with Gasteiger partial charge in [-0.1, -0.05) is 24.6 Å². The second kappa shape index (κ2) is 7.14. The van der Waals surface area contributed by atoms with Crippen LogP contribution in [0.3, 0.4) is 0 Å². The van der Waals surface area contributed by atoms with E-state index < -0.39 is 0 Å². The average Bonchev–Trinajstić information content (AvgIpc) is 2.30. The Labute approximate surface area is 106 Å². The first-order chi connectivity index (χ1) is 8.15. The van der Waals surface area contributed by atoms with Gasteiger partial charge in [-0.05, 0) is 18.6 Å². The highest BCUT2D eigenvalue weighted by atomic mass is 35.5. The fourth-order valence-corrected chi connectivity index (χ4v) is 1.59.